The van der Waals surface area contributed by atoms with E-state index in [1.54, 1.807) is 12.1 Å². The Hall–Kier alpha value is -1.65. The Labute approximate surface area is 127 Å². The van der Waals surface area contributed by atoms with Crippen LogP contribution in [0.25, 0.3) is 0 Å². The lowest BCUT2D eigenvalue weighted by Crippen LogP contribution is -2.12. The lowest BCUT2D eigenvalue weighted by molar-refractivity contribution is 0.290. The van der Waals surface area contributed by atoms with Gasteiger partial charge in [0.2, 0.25) is 0 Å². The lowest BCUT2D eigenvalue weighted by Gasteiger charge is -2.13. The normalized spacial score (nSPS) is 12.2. The Morgan fingerprint density at radius 3 is 2.57 bits per heavy atom. The highest BCUT2D eigenvalue weighted by atomic mass is 35.5. The van der Waals surface area contributed by atoms with Gasteiger partial charge in [0.25, 0.3) is 0 Å². The topological polar surface area (TPSA) is 21.3 Å². The fraction of sp³-hybridized carbons (Fsp3) is 0.250. The van der Waals surface area contributed by atoms with Crippen LogP contribution in [-0.4, -0.2) is 7.05 Å². The molecule has 0 aliphatic heterocycles. The largest absolute Gasteiger partial charge is 0.486 e. The van der Waals surface area contributed by atoms with Gasteiger partial charge < -0.3 is 10.1 Å². The van der Waals surface area contributed by atoms with Crippen molar-refractivity contribution in [2.24, 2.45) is 0 Å². The molecule has 0 aromatic heterocycles. The van der Waals surface area contributed by atoms with Crippen LogP contribution in [0.1, 0.15) is 24.1 Å². The van der Waals surface area contributed by atoms with Gasteiger partial charge in [-0.1, -0.05) is 23.7 Å². The number of halogens is 3. The molecule has 5 heteroatoms. The van der Waals surface area contributed by atoms with Gasteiger partial charge in [-0.2, -0.15) is 0 Å². The molecule has 2 rings (SSSR count). The average Bonchev–Trinajstić information content (AvgIpc) is 2.46. The van der Waals surface area contributed by atoms with Crippen LogP contribution >= 0.6 is 11.6 Å². The molecule has 0 spiro atoms. The van der Waals surface area contributed by atoms with E-state index in [-0.39, 0.29) is 23.4 Å². The van der Waals surface area contributed by atoms with Crippen LogP contribution in [0.15, 0.2) is 36.4 Å². The van der Waals surface area contributed by atoms with Gasteiger partial charge in [-0.05, 0) is 43.8 Å². The first kappa shape index (κ1) is 15.7. The van der Waals surface area contributed by atoms with E-state index < -0.39 is 11.6 Å². The Morgan fingerprint density at radius 2 is 1.95 bits per heavy atom. The molecule has 2 aromatic carbocycles. The van der Waals surface area contributed by atoms with Crippen molar-refractivity contribution in [2.75, 3.05) is 7.05 Å². The molecule has 2 nitrogen and oxygen atoms in total. The van der Waals surface area contributed by atoms with Gasteiger partial charge in [0.15, 0.2) is 11.6 Å². The highest BCUT2D eigenvalue weighted by Crippen LogP contribution is 2.24. The first-order chi connectivity index (χ1) is 10.0. The third-order valence-electron chi connectivity index (χ3n) is 3.29. The molecule has 0 saturated heterocycles. The van der Waals surface area contributed by atoms with Crippen LogP contribution in [0.3, 0.4) is 0 Å². The summed E-state index contributed by atoms with van der Waals surface area (Å²) in [6.45, 7) is 2.02. The van der Waals surface area contributed by atoms with E-state index >= 15 is 0 Å². The molecule has 21 heavy (non-hydrogen) atoms. The predicted molar refractivity (Wildman–Crippen MR) is 79.6 cm³/mol. The van der Waals surface area contributed by atoms with Crippen LogP contribution < -0.4 is 10.1 Å². The Bertz CT molecular complexity index is 634. The van der Waals surface area contributed by atoms with Gasteiger partial charge >= 0.3 is 0 Å². The Balaban J connectivity index is 2.10. The minimum Gasteiger partial charge on any atom is -0.486 e. The van der Waals surface area contributed by atoms with Crippen LogP contribution in [0.2, 0.25) is 5.02 Å². The smallest absolute Gasteiger partial charge is 0.165 e. The van der Waals surface area contributed by atoms with E-state index in [0.29, 0.717) is 5.56 Å². The van der Waals surface area contributed by atoms with Crippen LogP contribution in [0, 0.1) is 11.6 Å². The van der Waals surface area contributed by atoms with Crippen molar-refractivity contribution in [2.45, 2.75) is 19.6 Å². The van der Waals surface area contributed by atoms with Crippen LogP contribution in [0.4, 0.5) is 8.78 Å². The molecule has 1 unspecified atom stereocenters. The maximum absolute atomic E-state index is 14.0. The number of hydrogen-bond donors (Lipinski definition) is 1. The van der Waals surface area contributed by atoms with Gasteiger partial charge in [0.1, 0.15) is 12.4 Å². The third-order valence-corrected chi connectivity index (χ3v) is 3.64. The molecule has 0 heterocycles. The molecule has 0 aliphatic rings. The summed E-state index contributed by atoms with van der Waals surface area (Å²) >= 11 is 5.90. The maximum Gasteiger partial charge on any atom is 0.165 e. The maximum atomic E-state index is 14.0. The molecule has 0 radical (unpaired) electrons. The molecular weight excluding hydrogens is 296 g/mol. The SMILES string of the molecule is CNC(C)c1ccc(OCc2ccc(F)cc2Cl)c(F)c1. The zero-order valence-electron chi connectivity index (χ0n) is 11.8. The predicted octanol–water partition coefficient (Wildman–Crippen LogP) is 4.48. The van der Waals surface area contributed by atoms with Gasteiger partial charge in [-0.25, -0.2) is 8.78 Å². The summed E-state index contributed by atoms with van der Waals surface area (Å²) in [5, 5.41) is 3.30. The molecule has 2 aromatic rings. The summed E-state index contributed by atoms with van der Waals surface area (Å²) in [6.07, 6.45) is 0. The molecule has 0 saturated carbocycles. The standard InChI is InChI=1S/C16H16ClF2NO/c1-10(20-2)11-4-6-16(15(19)7-11)21-9-12-3-5-13(18)8-14(12)17/h3-8,10,20H,9H2,1-2H3. The van der Waals surface area contributed by atoms with Crippen molar-refractivity contribution in [3.05, 3.63) is 64.2 Å². The van der Waals surface area contributed by atoms with Crippen molar-refractivity contribution < 1.29 is 13.5 Å². The number of nitrogens with one attached hydrogen (secondary N) is 1. The summed E-state index contributed by atoms with van der Waals surface area (Å²) in [7, 11) is 1.81. The summed E-state index contributed by atoms with van der Waals surface area (Å²) in [5.74, 6) is -0.712. The van der Waals surface area contributed by atoms with E-state index in [9.17, 15) is 8.78 Å². The summed E-state index contributed by atoms with van der Waals surface area (Å²) in [5.41, 5.74) is 1.44. The van der Waals surface area contributed by atoms with Gasteiger partial charge in [0, 0.05) is 11.6 Å². The van der Waals surface area contributed by atoms with E-state index in [1.807, 2.05) is 14.0 Å². The van der Waals surface area contributed by atoms with Crippen LogP contribution in [-0.2, 0) is 6.61 Å². The highest BCUT2D eigenvalue weighted by Gasteiger charge is 2.10. The molecule has 0 bridgehead atoms. The second-order valence-electron chi connectivity index (χ2n) is 4.72. The third kappa shape index (κ3) is 3.93. The fourth-order valence-electron chi connectivity index (χ4n) is 1.86. The highest BCUT2D eigenvalue weighted by molar-refractivity contribution is 6.31. The molecule has 0 amide bonds. The molecule has 0 aliphatic carbocycles. The summed E-state index contributed by atoms with van der Waals surface area (Å²) in [4.78, 5) is 0. The molecular formula is C16H16ClF2NO. The quantitative estimate of drug-likeness (QED) is 0.879. The average molecular weight is 312 g/mol. The van der Waals surface area contributed by atoms with Crippen molar-refractivity contribution >= 4 is 11.6 Å². The van der Waals surface area contributed by atoms with Crippen LogP contribution in [0.5, 0.6) is 5.75 Å². The molecule has 112 valence electrons. The second-order valence-corrected chi connectivity index (χ2v) is 5.13. The first-order valence-electron chi connectivity index (χ1n) is 6.54. The Kier molecular flexibility index (Phi) is 5.15. The molecule has 1 N–H and O–H groups in total. The minimum absolute atomic E-state index is 0.0556. The number of ether oxygens (including phenoxy) is 1. The van der Waals surface area contributed by atoms with Crippen molar-refractivity contribution in [1.82, 2.24) is 5.32 Å². The lowest BCUT2D eigenvalue weighted by atomic mass is 10.1. The Morgan fingerprint density at radius 1 is 1.19 bits per heavy atom. The van der Waals surface area contributed by atoms with Crippen molar-refractivity contribution in [3.8, 4) is 5.75 Å². The zero-order valence-corrected chi connectivity index (χ0v) is 12.5. The number of hydrogen-bond acceptors (Lipinski definition) is 2. The van der Waals surface area contributed by atoms with E-state index in [0.717, 1.165) is 5.56 Å². The molecule has 1 atom stereocenters. The van der Waals surface area contributed by atoms with Gasteiger partial charge in [-0.15, -0.1) is 0 Å². The number of rotatable bonds is 5. The van der Waals surface area contributed by atoms with Crippen molar-refractivity contribution in [3.63, 3.8) is 0 Å². The fourth-order valence-corrected chi connectivity index (χ4v) is 2.09. The van der Waals surface area contributed by atoms with Crippen molar-refractivity contribution in [1.29, 1.82) is 0 Å². The van der Waals surface area contributed by atoms with E-state index in [2.05, 4.69) is 5.32 Å². The van der Waals surface area contributed by atoms with Gasteiger partial charge in [-0.3, -0.25) is 0 Å². The summed E-state index contributed by atoms with van der Waals surface area (Å²) in [6, 6.07) is 8.88. The number of benzene rings is 2. The van der Waals surface area contributed by atoms with E-state index in [4.69, 9.17) is 16.3 Å². The second kappa shape index (κ2) is 6.87. The van der Waals surface area contributed by atoms with E-state index in [1.165, 1.54) is 24.3 Å². The summed E-state index contributed by atoms with van der Waals surface area (Å²) < 4.78 is 32.3. The zero-order chi connectivity index (χ0) is 15.4. The monoisotopic (exact) mass is 311 g/mol. The van der Waals surface area contributed by atoms with Gasteiger partial charge in [0.05, 0.1) is 5.02 Å². The minimum atomic E-state index is -0.437. The first-order valence-corrected chi connectivity index (χ1v) is 6.92. The molecule has 0 fully saturated rings.